The summed E-state index contributed by atoms with van der Waals surface area (Å²) in [5.74, 6) is -0.180. The molecule has 0 unspecified atom stereocenters. The Kier molecular flexibility index (Phi) is 3.14. The van der Waals surface area contributed by atoms with Gasteiger partial charge in [0.2, 0.25) is 0 Å². The maximum Gasteiger partial charge on any atom is 0.263 e. The molecule has 0 amide bonds. The molecule has 1 aromatic carbocycles. The summed E-state index contributed by atoms with van der Waals surface area (Å²) in [6.45, 7) is 0. The maximum atomic E-state index is 13.1. The molecule has 2 aromatic rings. The smallest absolute Gasteiger partial charge is 0.263 e. The first-order valence-corrected chi connectivity index (χ1v) is 8.35. The minimum atomic E-state index is -3.79. The van der Waals surface area contributed by atoms with Gasteiger partial charge in [-0.1, -0.05) is 0 Å². The lowest BCUT2D eigenvalue weighted by atomic mass is 10.3. The van der Waals surface area contributed by atoms with Gasteiger partial charge in [-0.25, -0.2) is 17.8 Å². The predicted octanol–water partition coefficient (Wildman–Crippen LogP) is 2.54. The summed E-state index contributed by atoms with van der Waals surface area (Å²) in [5.41, 5.74) is 6.10. The molecule has 3 rings (SSSR count). The molecule has 0 atom stereocenters. The summed E-state index contributed by atoms with van der Waals surface area (Å²) >= 11 is 1.24. The topological polar surface area (TPSA) is 85.1 Å². The highest BCUT2D eigenvalue weighted by atomic mass is 32.2. The lowest BCUT2D eigenvalue weighted by Crippen LogP contribution is -2.13. The van der Waals surface area contributed by atoms with Crippen molar-refractivity contribution >= 4 is 32.2 Å². The molecule has 1 aliphatic carbocycles. The number of hydrogen-bond donors (Lipinski definition) is 2. The number of nitrogens with zero attached hydrogens (tertiary/aromatic N) is 1. The quantitative estimate of drug-likeness (QED) is 0.849. The molecular weight excluding hydrogens is 301 g/mol. The zero-order valence-electron chi connectivity index (χ0n) is 10.3. The number of nitrogens with one attached hydrogen (secondary N) is 1. The Labute approximate surface area is 119 Å². The van der Waals surface area contributed by atoms with Gasteiger partial charge in [0.05, 0.1) is 16.3 Å². The first-order valence-electron chi connectivity index (χ1n) is 5.99. The van der Waals surface area contributed by atoms with E-state index in [1.54, 1.807) is 0 Å². The Morgan fingerprint density at radius 1 is 1.40 bits per heavy atom. The summed E-state index contributed by atoms with van der Waals surface area (Å²) in [6, 6.07) is 3.29. The van der Waals surface area contributed by atoms with E-state index in [0.29, 0.717) is 11.0 Å². The first kappa shape index (κ1) is 13.3. The molecule has 1 saturated carbocycles. The van der Waals surface area contributed by atoms with Crippen LogP contribution < -0.4 is 10.5 Å². The number of benzene rings is 1. The van der Waals surface area contributed by atoms with Gasteiger partial charge in [-0.15, -0.1) is 11.3 Å². The number of sulfonamides is 1. The highest BCUT2D eigenvalue weighted by molar-refractivity contribution is 7.93. The second kappa shape index (κ2) is 4.71. The average molecular weight is 313 g/mol. The number of anilines is 2. The summed E-state index contributed by atoms with van der Waals surface area (Å²) < 4.78 is 39.7. The largest absolute Gasteiger partial charge is 0.396 e. The SMILES string of the molecule is Nc1cc(S(=O)(=O)Nc2nc(C3CC3)cs2)ccc1F. The second-order valence-electron chi connectivity index (χ2n) is 4.64. The van der Waals surface area contributed by atoms with Crippen molar-refractivity contribution in [3.63, 3.8) is 0 Å². The standard InChI is InChI=1S/C12H12FN3O2S2/c13-9-4-3-8(5-10(9)14)20(17,18)16-12-15-11(6-19-12)7-1-2-7/h3-7H,1-2,14H2,(H,15,16). The van der Waals surface area contributed by atoms with Gasteiger partial charge < -0.3 is 5.73 Å². The molecule has 20 heavy (non-hydrogen) atoms. The minimum Gasteiger partial charge on any atom is -0.396 e. The summed E-state index contributed by atoms with van der Waals surface area (Å²) in [7, 11) is -3.79. The van der Waals surface area contributed by atoms with Crippen LogP contribution in [0.5, 0.6) is 0 Å². The van der Waals surface area contributed by atoms with Gasteiger partial charge in [0.15, 0.2) is 5.13 Å². The summed E-state index contributed by atoms with van der Waals surface area (Å²) in [6.07, 6.45) is 2.20. The highest BCUT2D eigenvalue weighted by Crippen LogP contribution is 2.41. The van der Waals surface area contributed by atoms with Crippen LogP contribution in [0, 0.1) is 5.82 Å². The van der Waals surface area contributed by atoms with Crippen molar-refractivity contribution < 1.29 is 12.8 Å². The number of nitrogens with two attached hydrogens (primary N) is 1. The molecule has 0 spiro atoms. The Bertz CT molecular complexity index is 754. The predicted molar refractivity (Wildman–Crippen MR) is 75.7 cm³/mol. The Morgan fingerprint density at radius 2 is 2.15 bits per heavy atom. The fourth-order valence-corrected chi connectivity index (χ4v) is 3.84. The van der Waals surface area contributed by atoms with Crippen LogP contribution in [0.3, 0.4) is 0 Å². The maximum absolute atomic E-state index is 13.1. The van der Waals surface area contributed by atoms with Crippen molar-refractivity contribution in [1.29, 1.82) is 0 Å². The van der Waals surface area contributed by atoms with Crippen LogP contribution in [0.25, 0.3) is 0 Å². The van der Waals surface area contributed by atoms with E-state index in [-0.39, 0.29) is 10.6 Å². The van der Waals surface area contributed by atoms with Crippen molar-refractivity contribution in [2.75, 3.05) is 10.5 Å². The van der Waals surface area contributed by atoms with Gasteiger partial charge in [0, 0.05) is 11.3 Å². The number of halogens is 1. The van der Waals surface area contributed by atoms with E-state index in [1.807, 2.05) is 5.38 Å². The van der Waals surface area contributed by atoms with E-state index in [1.165, 1.54) is 17.4 Å². The molecule has 0 aliphatic heterocycles. The number of aromatic nitrogens is 1. The normalized spacial score (nSPS) is 15.2. The molecule has 106 valence electrons. The van der Waals surface area contributed by atoms with E-state index >= 15 is 0 Å². The monoisotopic (exact) mass is 313 g/mol. The molecule has 1 aliphatic rings. The third kappa shape index (κ3) is 2.61. The molecule has 3 N–H and O–H groups in total. The number of thiazole rings is 1. The lowest BCUT2D eigenvalue weighted by molar-refractivity contribution is 0.600. The number of nitrogen functional groups attached to an aromatic ring is 1. The molecule has 1 heterocycles. The van der Waals surface area contributed by atoms with Crippen LogP contribution in [0.15, 0.2) is 28.5 Å². The van der Waals surface area contributed by atoms with Crippen molar-refractivity contribution in [3.05, 3.63) is 35.1 Å². The summed E-state index contributed by atoms with van der Waals surface area (Å²) in [5, 5.41) is 2.17. The average Bonchev–Trinajstić information content (AvgIpc) is 3.14. The molecule has 0 radical (unpaired) electrons. The zero-order chi connectivity index (χ0) is 14.3. The third-order valence-corrected chi connectivity index (χ3v) is 5.26. The Balaban J connectivity index is 1.84. The molecule has 5 nitrogen and oxygen atoms in total. The Morgan fingerprint density at radius 3 is 2.80 bits per heavy atom. The molecule has 8 heteroatoms. The van der Waals surface area contributed by atoms with E-state index in [0.717, 1.165) is 30.7 Å². The van der Waals surface area contributed by atoms with Gasteiger partial charge in [0.25, 0.3) is 10.0 Å². The first-order chi connectivity index (χ1) is 9.45. The van der Waals surface area contributed by atoms with Crippen LogP contribution in [-0.4, -0.2) is 13.4 Å². The molecule has 0 bridgehead atoms. The van der Waals surface area contributed by atoms with Gasteiger partial charge in [0.1, 0.15) is 5.82 Å². The fourth-order valence-electron chi connectivity index (χ4n) is 1.76. The van der Waals surface area contributed by atoms with Crippen LogP contribution >= 0.6 is 11.3 Å². The van der Waals surface area contributed by atoms with Gasteiger partial charge in [-0.3, -0.25) is 4.72 Å². The second-order valence-corrected chi connectivity index (χ2v) is 7.18. The summed E-state index contributed by atoms with van der Waals surface area (Å²) in [4.78, 5) is 4.16. The van der Waals surface area contributed by atoms with Gasteiger partial charge in [-0.2, -0.15) is 0 Å². The van der Waals surface area contributed by atoms with Gasteiger partial charge >= 0.3 is 0 Å². The molecule has 1 aromatic heterocycles. The number of rotatable bonds is 4. The molecule has 1 fully saturated rings. The third-order valence-electron chi connectivity index (χ3n) is 3.02. The van der Waals surface area contributed by atoms with Gasteiger partial charge in [-0.05, 0) is 31.0 Å². The van der Waals surface area contributed by atoms with Crippen LogP contribution in [-0.2, 0) is 10.0 Å². The van der Waals surface area contributed by atoms with Crippen LogP contribution in [0.1, 0.15) is 24.5 Å². The van der Waals surface area contributed by atoms with Crippen molar-refractivity contribution in [2.45, 2.75) is 23.7 Å². The zero-order valence-corrected chi connectivity index (χ0v) is 12.0. The van der Waals surface area contributed by atoms with Crippen LogP contribution in [0.4, 0.5) is 15.2 Å². The van der Waals surface area contributed by atoms with Crippen LogP contribution in [0.2, 0.25) is 0 Å². The Hall–Kier alpha value is -1.67. The van der Waals surface area contributed by atoms with E-state index in [2.05, 4.69) is 9.71 Å². The van der Waals surface area contributed by atoms with E-state index < -0.39 is 15.8 Å². The molecular formula is C12H12FN3O2S2. The minimum absolute atomic E-state index is 0.0837. The fraction of sp³-hybridized carbons (Fsp3) is 0.250. The number of hydrogen-bond acceptors (Lipinski definition) is 5. The van der Waals surface area contributed by atoms with Crippen molar-refractivity contribution in [3.8, 4) is 0 Å². The van der Waals surface area contributed by atoms with Crippen molar-refractivity contribution in [2.24, 2.45) is 0 Å². The highest BCUT2D eigenvalue weighted by Gasteiger charge is 2.27. The lowest BCUT2D eigenvalue weighted by Gasteiger charge is -2.06. The van der Waals surface area contributed by atoms with E-state index in [4.69, 9.17) is 5.73 Å². The van der Waals surface area contributed by atoms with Crippen molar-refractivity contribution in [1.82, 2.24) is 4.98 Å². The van der Waals surface area contributed by atoms with E-state index in [9.17, 15) is 12.8 Å². The molecule has 0 saturated heterocycles.